The second-order valence-electron chi connectivity index (χ2n) is 2.75. The third-order valence-corrected chi connectivity index (χ3v) is 1.93. The number of rotatable bonds is 1. The van der Waals surface area contributed by atoms with E-state index in [1.165, 1.54) is 0 Å². The van der Waals surface area contributed by atoms with Crippen molar-refractivity contribution in [1.29, 1.82) is 0 Å². The van der Waals surface area contributed by atoms with Crippen molar-refractivity contribution in [3.8, 4) is 0 Å². The van der Waals surface area contributed by atoms with Crippen molar-refractivity contribution < 1.29 is 10.2 Å². The third-order valence-electron chi connectivity index (χ3n) is 1.93. The van der Waals surface area contributed by atoms with Crippen LogP contribution < -0.4 is 5.73 Å². The zero-order valence-corrected chi connectivity index (χ0v) is 5.33. The number of aliphatic hydroxyl groups is 2. The SMILES string of the molecule is N[C@H]1CC(CO)C[C@@H]1O. The Morgan fingerprint density at radius 1 is 1.44 bits per heavy atom. The first-order valence-corrected chi connectivity index (χ1v) is 3.28. The lowest BCUT2D eigenvalue weighted by atomic mass is 10.1. The standard InChI is InChI=1S/C6H13NO2/c7-5-1-4(3-8)2-6(5)9/h4-6,8-9H,1-3,7H2/t4?,5-,6-/m0/s1. The molecule has 0 aromatic heterocycles. The van der Waals surface area contributed by atoms with Crippen LogP contribution in [0.3, 0.4) is 0 Å². The molecule has 0 aromatic carbocycles. The molecule has 3 heteroatoms. The molecule has 4 N–H and O–H groups in total. The van der Waals surface area contributed by atoms with E-state index < -0.39 is 0 Å². The molecular formula is C6H13NO2. The van der Waals surface area contributed by atoms with Gasteiger partial charge in [0.1, 0.15) is 0 Å². The van der Waals surface area contributed by atoms with E-state index in [1.807, 2.05) is 0 Å². The van der Waals surface area contributed by atoms with Gasteiger partial charge in [0.05, 0.1) is 6.10 Å². The summed E-state index contributed by atoms with van der Waals surface area (Å²) < 4.78 is 0. The summed E-state index contributed by atoms with van der Waals surface area (Å²) in [6.07, 6.45) is 1.04. The van der Waals surface area contributed by atoms with Crippen LogP contribution in [0, 0.1) is 5.92 Å². The fourth-order valence-electron chi connectivity index (χ4n) is 1.30. The minimum absolute atomic E-state index is 0.109. The molecule has 0 amide bonds. The highest BCUT2D eigenvalue weighted by Crippen LogP contribution is 2.23. The van der Waals surface area contributed by atoms with E-state index in [9.17, 15) is 0 Å². The van der Waals surface area contributed by atoms with E-state index >= 15 is 0 Å². The van der Waals surface area contributed by atoms with Crippen LogP contribution in [0.4, 0.5) is 0 Å². The van der Waals surface area contributed by atoms with Gasteiger partial charge in [-0.05, 0) is 18.8 Å². The minimum Gasteiger partial charge on any atom is -0.396 e. The second-order valence-corrected chi connectivity index (χ2v) is 2.75. The quantitative estimate of drug-likeness (QED) is 0.431. The van der Waals surface area contributed by atoms with Gasteiger partial charge in [0.2, 0.25) is 0 Å². The predicted molar refractivity (Wildman–Crippen MR) is 33.8 cm³/mol. The monoisotopic (exact) mass is 131 g/mol. The average Bonchev–Trinajstić information content (AvgIpc) is 2.13. The molecule has 1 rings (SSSR count). The minimum atomic E-state index is -0.387. The Labute approximate surface area is 54.5 Å². The third kappa shape index (κ3) is 1.41. The van der Waals surface area contributed by atoms with Crippen LogP contribution in [-0.2, 0) is 0 Å². The molecule has 9 heavy (non-hydrogen) atoms. The maximum absolute atomic E-state index is 9.06. The number of hydrogen-bond acceptors (Lipinski definition) is 3. The lowest BCUT2D eigenvalue weighted by Crippen LogP contribution is -2.28. The summed E-state index contributed by atoms with van der Waals surface area (Å²) in [7, 11) is 0. The number of nitrogens with two attached hydrogens (primary N) is 1. The first-order valence-electron chi connectivity index (χ1n) is 3.28. The van der Waals surface area contributed by atoms with E-state index in [4.69, 9.17) is 15.9 Å². The fourth-order valence-corrected chi connectivity index (χ4v) is 1.30. The molecule has 0 aliphatic heterocycles. The summed E-state index contributed by atoms with van der Waals surface area (Å²) in [6.45, 7) is 0.158. The number of hydrogen-bond donors (Lipinski definition) is 3. The lowest BCUT2D eigenvalue weighted by Gasteiger charge is -2.04. The second kappa shape index (κ2) is 2.64. The summed E-state index contributed by atoms with van der Waals surface area (Å²) in [5.74, 6) is 0.231. The van der Waals surface area contributed by atoms with Crippen LogP contribution in [0.1, 0.15) is 12.8 Å². The van der Waals surface area contributed by atoms with E-state index in [0.717, 1.165) is 6.42 Å². The van der Waals surface area contributed by atoms with Crippen molar-refractivity contribution in [3.05, 3.63) is 0 Å². The molecule has 0 spiro atoms. The topological polar surface area (TPSA) is 66.5 Å². The van der Waals surface area contributed by atoms with Crippen LogP contribution in [0.2, 0.25) is 0 Å². The van der Waals surface area contributed by atoms with E-state index in [0.29, 0.717) is 6.42 Å². The first kappa shape index (κ1) is 6.99. The molecule has 0 bridgehead atoms. The Bertz CT molecular complexity index is 87.1. The molecule has 1 unspecified atom stereocenters. The van der Waals surface area contributed by atoms with Gasteiger partial charge < -0.3 is 15.9 Å². The Balaban J connectivity index is 2.35. The predicted octanol–water partition coefficient (Wildman–Crippen LogP) is -0.923. The Hall–Kier alpha value is -0.120. The highest BCUT2D eigenvalue weighted by Gasteiger charge is 2.29. The summed E-state index contributed by atoms with van der Waals surface area (Å²) in [5.41, 5.74) is 5.48. The van der Waals surface area contributed by atoms with Gasteiger partial charge in [0, 0.05) is 12.6 Å². The first-order chi connectivity index (χ1) is 4.24. The van der Waals surface area contributed by atoms with Gasteiger partial charge in [-0.15, -0.1) is 0 Å². The highest BCUT2D eigenvalue weighted by atomic mass is 16.3. The highest BCUT2D eigenvalue weighted by molar-refractivity contribution is 4.85. The van der Waals surface area contributed by atoms with Gasteiger partial charge in [0.25, 0.3) is 0 Å². The molecular weight excluding hydrogens is 118 g/mol. The van der Waals surface area contributed by atoms with Gasteiger partial charge in [-0.1, -0.05) is 0 Å². The largest absolute Gasteiger partial charge is 0.396 e. The summed E-state index contributed by atoms with van der Waals surface area (Å²) in [6, 6.07) is -0.109. The van der Waals surface area contributed by atoms with E-state index in [1.54, 1.807) is 0 Å². The Morgan fingerprint density at radius 2 is 2.11 bits per heavy atom. The smallest absolute Gasteiger partial charge is 0.0694 e. The fraction of sp³-hybridized carbons (Fsp3) is 1.00. The van der Waals surface area contributed by atoms with Gasteiger partial charge in [-0.25, -0.2) is 0 Å². The average molecular weight is 131 g/mol. The molecule has 0 heterocycles. The van der Waals surface area contributed by atoms with Gasteiger partial charge >= 0.3 is 0 Å². The molecule has 0 radical (unpaired) electrons. The molecule has 1 saturated carbocycles. The molecule has 0 aromatic rings. The van der Waals surface area contributed by atoms with Crippen molar-refractivity contribution in [3.63, 3.8) is 0 Å². The molecule has 3 atom stereocenters. The number of aliphatic hydroxyl groups excluding tert-OH is 2. The van der Waals surface area contributed by atoms with Crippen molar-refractivity contribution in [1.82, 2.24) is 0 Å². The van der Waals surface area contributed by atoms with Crippen molar-refractivity contribution in [2.24, 2.45) is 11.7 Å². The maximum Gasteiger partial charge on any atom is 0.0694 e. The van der Waals surface area contributed by atoms with Crippen LogP contribution >= 0.6 is 0 Å². The van der Waals surface area contributed by atoms with Crippen LogP contribution in [0.15, 0.2) is 0 Å². The van der Waals surface area contributed by atoms with Gasteiger partial charge in [-0.2, -0.15) is 0 Å². The molecule has 1 aliphatic rings. The van der Waals surface area contributed by atoms with Gasteiger partial charge in [0.15, 0.2) is 0 Å². The molecule has 54 valence electrons. The normalized spacial score (nSPS) is 43.7. The lowest BCUT2D eigenvalue weighted by molar-refractivity contribution is 0.153. The zero-order chi connectivity index (χ0) is 6.85. The molecule has 3 nitrogen and oxygen atoms in total. The molecule has 1 fully saturated rings. The molecule has 0 saturated heterocycles. The summed E-state index contributed by atoms with van der Waals surface area (Å²) >= 11 is 0. The summed E-state index contributed by atoms with van der Waals surface area (Å²) in [5, 5.41) is 17.7. The zero-order valence-electron chi connectivity index (χ0n) is 5.33. The van der Waals surface area contributed by atoms with E-state index in [2.05, 4.69) is 0 Å². The van der Waals surface area contributed by atoms with E-state index in [-0.39, 0.29) is 24.7 Å². The summed E-state index contributed by atoms with van der Waals surface area (Å²) in [4.78, 5) is 0. The van der Waals surface area contributed by atoms with Crippen molar-refractivity contribution in [2.75, 3.05) is 6.61 Å². The van der Waals surface area contributed by atoms with Crippen molar-refractivity contribution in [2.45, 2.75) is 25.0 Å². The van der Waals surface area contributed by atoms with Crippen LogP contribution in [-0.4, -0.2) is 29.0 Å². The Kier molecular flexibility index (Phi) is 2.05. The van der Waals surface area contributed by atoms with Crippen molar-refractivity contribution >= 4 is 0 Å². The van der Waals surface area contributed by atoms with Crippen LogP contribution in [0.5, 0.6) is 0 Å². The maximum atomic E-state index is 9.06. The van der Waals surface area contributed by atoms with Gasteiger partial charge in [-0.3, -0.25) is 0 Å². The molecule has 1 aliphatic carbocycles. The Morgan fingerprint density at radius 3 is 2.33 bits per heavy atom. The van der Waals surface area contributed by atoms with Crippen LogP contribution in [0.25, 0.3) is 0 Å².